The minimum Gasteiger partial charge on any atom is -0.496 e. The molecule has 0 amide bonds. The Morgan fingerprint density at radius 1 is 1.14 bits per heavy atom. The fraction of sp³-hybridized carbons (Fsp3) is 0.360. The molecule has 0 N–H and O–H groups in total. The summed E-state index contributed by atoms with van der Waals surface area (Å²) in [7, 11) is 1.75. The van der Waals surface area contributed by atoms with E-state index < -0.39 is 0 Å². The van der Waals surface area contributed by atoms with Gasteiger partial charge in [-0.1, -0.05) is 54.6 Å². The molecule has 0 aliphatic heterocycles. The van der Waals surface area contributed by atoms with Crippen LogP contribution in [0.15, 0.2) is 47.9 Å². The van der Waals surface area contributed by atoms with E-state index in [9.17, 15) is 0 Å². The van der Waals surface area contributed by atoms with Crippen molar-refractivity contribution in [2.24, 2.45) is 0 Å². The monoisotopic (exact) mass is 504 g/mol. The Kier molecular flexibility index (Phi) is 7.69. The molecule has 1 aliphatic rings. The molecule has 0 spiro atoms. The highest BCUT2D eigenvalue weighted by molar-refractivity contribution is 14.1. The second-order valence-electron chi connectivity index (χ2n) is 7.64. The van der Waals surface area contributed by atoms with E-state index in [-0.39, 0.29) is 0 Å². The highest BCUT2D eigenvalue weighted by atomic mass is 127. The van der Waals surface area contributed by atoms with Gasteiger partial charge in [0, 0.05) is 8.48 Å². The number of hydrogen-bond donors (Lipinski definition) is 0. The molecule has 0 fully saturated rings. The smallest absolute Gasteiger partial charge is 0.123 e. The molecule has 0 heterocycles. The van der Waals surface area contributed by atoms with Crippen molar-refractivity contribution in [1.82, 2.24) is 0 Å². The lowest BCUT2D eigenvalue weighted by molar-refractivity contribution is 0.410. The van der Waals surface area contributed by atoms with Gasteiger partial charge < -0.3 is 4.74 Å². The molecule has 0 radical (unpaired) electrons. The number of fused-ring (bicyclic) bond motifs is 1. The van der Waals surface area contributed by atoms with Crippen molar-refractivity contribution in [3.63, 3.8) is 0 Å². The molecule has 28 heavy (non-hydrogen) atoms. The van der Waals surface area contributed by atoms with Crippen molar-refractivity contribution in [1.29, 1.82) is 0 Å². The number of ether oxygens (including phenoxy) is 1. The number of allylic oxidation sites excluding steroid dienone is 1. The molecule has 2 aromatic rings. The molecule has 0 saturated carbocycles. The zero-order valence-electron chi connectivity index (χ0n) is 17.1. The van der Waals surface area contributed by atoms with Gasteiger partial charge in [0.05, 0.1) is 7.11 Å². The Morgan fingerprint density at radius 2 is 1.89 bits per heavy atom. The third kappa shape index (κ3) is 5.44. The van der Waals surface area contributed by atoms with E-state index >= 15 is 0 Å². The third-order valence-electron chi connectivity index (χ3n) is 5.35. The lowest BCUT2D eigenvalue weighted by Gasteiger charge is -2.12. The van der Waals surface area contributed by atoms with Crippen molar-refractivity contribution in [3.8, 4) is 5.75 Å². The second kappa shape index (κ2) is 10.0. The van der Waals surface area contributed by atoms with Crippen LogP contribution in [0.5, 0.6) is 5.75 Å². The van der Waals surface area contributed by atoms with Crippen LogP contribution in [0.3, 0.4) is 0 Å². The maximum atomic E-state index is 5.58. The molecule has 0 saturated heterocycles. The van der Waals surface area contributed by atoms with Crippen LogP contribution in [0.4, 0.5) is 0 Å². The van der Waals surface area contributed by atoms with Gasteiger partial charge in [-0.3, -0.25) is 0 Å². The van der Waals surface area contributed by atoms with Crippen LogP contribution < -0.4 is 4.74 Å². The summed E-state index contributed by atoms with van der Waals surface area (Å²) in [4.78, 5) is 1.12. The molecule has 0 atom stereocenters. The number of thioether (sulfide) groups is 1. The van der Waals surface area contributed by atoms with Crippen LogP contribution in [0.25, 0.3) is 4.91 Å². The van der Waals surface area contributed by atoms with E-state index in [1.807, 2.05) is 0 Å². The highest BCUT2D eigenvalue weighted by Crippen LogP contribution is 2.32. The highest BCUT2D eigenvalue weighted by Gasteiger charge is 2.10. The van der Waals surface area contributed by atoms with Gasteiger partial charge in [-0.05, 0) is 108 Å². The molecule has 3 heteroatoms. The summed E-state index contributed by atoms with van der Waals surface area (Å²) in [6.07, 6.45) is 7.32. The minimum absolute atomic E-state index is 0.894. The molecule has 0 aromatic heterocycles. The zero-order chi connectivity index (χ0) is 20.1. The van der Waals surface area contributed by atoms with Gasteiger partial charge in [0.2, 0.25) is 0 Å². The molecule has 0 unspecified atom stereocenters. The molecule has 0 bridgehead atoms. The summed E-state index contributed by atoms with van der Waals surface area (Å²) in [5.41, 5.74) is 8.18. The number of hydrogen-bond acceptors (Lipinski definition) is 2. The van der Waals surface area contributed by atoms with E-state index in [0.29, 0.717) is 0 Å². The Balaban J connectivity index is 1.69. The predicted octanol–water partition coefficient (Wildman–Crippen LogP) is 7.73. The number of rotatable bonds is 6. The van der Waals surface area contributed by atoms with E-state index in [4.69, 9.17) is 4.74 Å². The first-order valence-electron chi connectivity index (χ1n) is 9.94. The summed E-state index contributed by atoms with van der Waals surface area (Å²) in [5.74, 6) is 0.970. The molecular formula is C25H29IOS. The van der Waals surface area contributed by atoms with Gasteiger partial charge >= 0.3 is 0 Å². The number of benzene rings is 2. The first kappa shape index (κ1) is 21.5. The first-order chi connectivity index (χ1) is 13.5. The van der Waals surface area contributed by atoms with Gasteiger partial charge in [0.15, 0.2) is 0 Å². The summed E-state index contributed by atoms with van der Waals surface area (Å²) in [6, 6.07) is 11.3. The Bertz CT molecular complexity index is 898. The van der Waals surface area contributed by atoms with Crippen LogP contribution in [0.1, 0.15) is 54.0 Å². The third-order valence-corrected chi connectivity index (χ3v) is 7.56. The summed E-state index contributed by atoms with van der Waals surface area (Å²) in [5, 5.41) is 2.24. The van der Waals surface area contributed by atoms with Gasteiger partial charge in [0.1, 0.15) is 5.75 Å². The van der Waals surface area contributed by atoms with Crippen molar-refractivity contribution < 1.29 is 4.74 Å². The molecule has 148 valence electrons. The number of methoxy groups -OCH3 is 1. The van der Waals surface area contributed by atoms with Gasteiger partial charge in [-0.25, -0.2) is 0 Å². The van der Waals surface area contributed by atoms with Crippen molar-refractivity contribution in [3.05, 3.63) is 79.3 Å². The number of aryl methyl sites for hydroxylation is 3. The van der Waals surface area contributed by atoms with Gasteiger partial charge in [-0.15, -0.1) is 0 Å². The maximum absolute atomic E-state index is 5.58. The van der Waals surface area contributed by atoms with E-state index in [1.54, 1.807) is 18.9 Å². The lowest BCUT2D eigenvalue weighted by Crippen LogP contribution is -1.96. The fourth-order valence-electron chi connectivity index (χ4n) is 3.72. The summed E-state index contributed by atoms with van der Waals surface area (Å²) < 4.78 is 6.83. The maximum Gasteiger partial charge on any atom is 0.123 e. The lowest BCUT2D eigenvalue weighted by atomic mass is 10.00. The van der Waals surface area contributed by atoms with E-state index in [2.05, 4.69) is 78.8 Å². The molecule has 1 aliphatic carbocycles. The summed E-state index contributed by atoms with van der Waals surface area (Å²) in [6.45, 7) is 8.66. The molecular weight excluding hydrogens is 475 g/mol. The molecule has 1 nitrogen and oxygen atoms in total. The van der Waals surface area contributed by atoms with Crippen LogP contribution in [-0.4, -0.2) is 7.11 Å². The average molecular weight is 504 g/mol. The standard InChI is InChI=1S/C25H29IOS/c1-17(12-23-13-18(2)24(26)15-25(23)27-4)16-28-19(3)21-11-10-20-8-6-5-7-9-22(20)14-21/h10-11,13-16H,3,5-9,12H2,1-2,4H3/b17-16+. The largest absolute Gasteiger partial charge is 0.496 e. The minimum atomic E-state index is 0.894. The Hall–Kier alpha value is -1.20. The Labute approximate surface area is 187 Å². The SMILES string of the molecule is C=C(S/C=C(\C)Cc1cc(C)c(I)cc1OC)c1ccc2c(c1)CCCCC2. The normalized spacial score (nSPS) is 14.4. The van der Waals surface area contributed by atoms with Crippen LogP contribution in [0.2, 0.25) is 0 Å². The van der Waals surface area contributed by atoms with Gasteiger partial charge in [0.25, 0.3) is 0 Å². The predicted molar refractivity (Wildman–Crippen MR) is 132 cm³/mol. The van der Waals surface area contributed by atoms with Crippen LogP contribution >= 0.6 is 34.4 Å². The summed E-state index contributed by atoms with van der Waals surface area (Å²) >= 11 is 4.10. The fourth-order valence-corrected chi connectivity index (χ4v) is 4.85. The second-order valence-corrected chi connectivity index (χ2v) is 9.77. The Morgan fingerprint density at radius 3 is 2.64 bits per heavy atom. The number of halogens is 1. The van der Waals surface area contributed by atoms with Crippen LogP contribution in [-0.2, 0) is 19.3 Å². The van der Waals surface area contributed by atoms with Crippen molar-refractivity contribution >= 4 is 39.3 Å². The quantitative estimate of drug-likeness (QED) is 0.294. The van der Waals surface area contributed by atoms with Crippen molar-refractivity contribution in [2.75, 3.05) is 7.11 Å². The zero-order valence-corrected chi connectivity index (χ0v) is 20.1. The van der Waals surface area contributed by atoms with Crippen LogP contribution in [0, 0.1) is 10.5 Å². The van der Waals surface area contributed by atoms with E-state index in [0.717, 1.165) is 17.1 Å². The van der Waals surface area contributed by atoms with E-state index in [1.165, 1.54) is 69.1 Å². The first-order valence-corrected chi connectivity index (χ1v) is 11.9. The molecule has 2 aromatic carbocycles. The van der Waals surface area contributed by atoms with Crippen molar-refractivity contribution in [2.45, 2.75) is 52.4 Å². The topological polar surface area (TPSA) is 9.23 Å². The van der Waals surface area contributed by atoms with Gasteiger partial charge in [-0.2, -0.15) is 0 Å². The molecule has 3 rings (SSSR count). The average Bonchev–Trinajstić information content (AvgIpc) is 2.93.